The summed E-state index contributed by atoms with van der Waals surface area (Å²) in [5, 5.41) is 6.03. The van der Waals surface area contributed by atoms with E-state index >= 15 is 0 Å². The zero-order chi connectivity index (χ0) is 21.7. The molecule has 3 rings (SSSR count). The van der Waals surface area contributed by atoms with E-state index in [-0.39, 0.29) is 24.9 Å². The standard InChI is InChI=1S/C20H25F2N3O3S2/c1-14-13-29-19(24-14)4-2-3-9-23-20(26)15-7-10-25(11-8-15)30(27,28)18-12-16(21)5-6-17(18)22/h5-6,12-13,15H,2-4,7-11H2,1H3,(H,23,26). The molecule has 1 saturated heterocycles. The van der Waals surface area contributed by atoms with E-state index in [4.69, 9.17) is 0 Å². The van der Waals surface area contributed by atoms with Crippen molar-refractivity contribution in [2.75, 3.05) is 19.6 Å². The highest BCUT2D eigenvalue weighted by atomic mass is 32.2. The summed E-state index contributed by atoms with van der Waals surface area (Å²) in [6.07, 6.45) is 3.36. The zero-order valence-corrected chi connectivity index (χ0v) is 18.4. The molecule has 1 fully saturated rings. The van der Waals surface area contributed by atoms with Crippen molar-refractivity contribution >= 4 is 27.3 Å². The zero-order valence-electron chi connectivity index (χ0n) is 16.7. The minimum absolute atomic E-state index is 0.0888. The van der Waals surface area contributed by atoms with Crippen LogP contribution in [-0.4, -0.2) is 43.2 Å². The second-order valence-electron chi connectivity index (χ2n) is 7.38. The average Bonchev–Trinajstić information content (AvgIpc) is 3.14. The van der Waals surface area contributed by atoms with E-state index in [9.17, 15) is 22.0 Å². The Morgan fingerprint density at radius 2 is 2.00 bits per heavy atom. The lowest BCUT2D eigenvalue weighted by Gasteiger charge is -2.30. The lowest BCUT2D eigenvalue weighted by molar-refractivity contribution is -0.126. The Morgan fingerprint density at radius 1 is 1.27 bits per heavy atom. The van der Waals surface area contributed by atoms with Crippen molar-refractivity contribution in [3.63, 3.8) is 0 Å². The smallest absolute Gasteiger partial charge is 0.246 e. The van der Waals surface area contributed by atoms with E-state index in [1.54, 1.807) is 11.3 Å². The molecule has 1 amide bonds. The number of thiazole rings is 1. The maximum Gasteiger partial charge on any atom is 0.246 e. The molecule has 2 heterocycles. The molecule has 164 valence electrons. The third-order valence-corrected chi connectivity index (χ3v) is 8.06. The van der Waals surface area contributed by atoms with E-state index in [0.29, 0.717) is 25.5 Å². The lowest BCUT2D eigenvalue weighted by atomic mass is 9.97. The van der Waals surface area contributed by atoms with Gasteiger partial charge in [0.05, 0.1) is 5.01 Å². The molecule has 0 radical (unpaired) electrons. The largest absolute Gasteiger partial charge is 0.356 e. The maximum atomic E-state index is 13.9. The van der Waals surface area contributed by atoms with Gasteiger partial charge in [0.15, 0.2) is 0 Å². The normalized spacial score (nSPS) is 16.0. The van der Waals surface area contributed by atoms with Gasteiger partial charge >= 0.3 is 0 Å². The summed E-state index contributed by atoms with van der Waals surface area (Å²) in [6, 6.07) is 2.37. The Morgan fingerprint density at radius 3 is 2.67 bits per heavy atom. The van der Waals surface area contributed by atoms with Crippen molar-refractivity contribution in [2.24, 2.45) is 5.92 Å². The topological polar surface area (TPSA) is 79.4 Å². The molecule has 0 spiro atoms. The van der Waals surface area contributed by atoms with Gasteiger partial charge in [0.2, 0.25) is 15.9 Å². The minimum atomic E-state index is -4.13. The van der Waals surface area contributed by atoms with Gasteiger partial charge < -0.3 is 5.32 Å². The molecule has 6 nitrogen and oxygen atoms in total. The fraction of sp³-hybridized carbons (Fsp3) is 0.500. The number of unbranched alkanes of at least 4 members (excludes halogenated alkanes) is 1. The molecule has 0 bridgehead atoms. The number of amides is 1. The minimum Gasteiger partial charge on any atom is -0.356 e. The van der Waals surface area contributed by atoms with Crippen molar-refractivity contribution < 1.29 is 22.0 Å². The van der Waals surface area contributed by atoms with Gasteiger partial charge in [-0.25, -0.2) is 22.2 Å². The molecule has 1 aliphatic rings. The molecule has 1 N–H and O–H groups in total. The van der Waals surface area contributed by atoms with Gasteiger partial charge in [-0.1, -0.05) is 0 Å². The number of hydrogen-bond donors (Lipinski definition) is 1. The van der Waals surface area contributed by atoms with Crippen molar-refractivity contribution in [1.29, 1.82) is 0 Å². The molecule has 1 aliphatic heterocycles. The number of carbonyl (C=O) groups excluding carboxylic acids is 1. The Labute approximate surface area is 179 Å². The summed E-state index contributed by atoms with van der Waals surface area (Å²) < 4.78 is 53.6. The molecule has 1 aromatic heterocycles. The number of hydrogen-bond acceptors (Lipinski definition) is 5. The predicted molar refractivity (Wildman–Crippen MR) is 111 cm³/mol. The third-order valence-electron chi connectivity index (χ3n) is 5.12. The fourth-order valence-corrected chi connectivity index (χ4v) is 5.81. The van der Waals surface area contributed by atoms with Crippen LogP contribution < -0.4 is 5.32 Å². The molecular formula is C20H25F2N3O3S2. The van der Waals surface area contributed by atoms with Crippen LogP contribution in [0.15, 0.2) is 28.5 Å². The molecule has 0 unspecified atom stereocenters. The summed E-state index contributed by atoms with van der Waals surface area (Å²) in [5.74, 6) is -2.16. The van der Waals surface area contributed by atoms with Crippen LogP contribution in [0.25, 0.3) is 0 Å². The highest BCUT2D eigenvalue weighted by Gasteiger charge is 2.33. The second kappa shape index (κ2) is 9.93. The predicted octanol–water partition coefficient (Wildman–Crippen LogP) is 3.27. The van der Waals surface area contributed by atoms with E-state index in [2.05, 4.69) is 10.3 Å². The summed E-state index contributed by atoms with van der Waals surface area (Å²) in [7, 11) is -4.13. The molecule has 1 aromatic carbocycles. The number of aromatic nitrogens is 1. The first-order valence-corrected chi connectivity index (χ1v) is 12.2. The van der Waals surface area contributed by atoms with E-state index in [0.717, 1.165) is 46.4 Å². The Kier molecular flexibility index (Phi) is 7.54. The van der Waals surface area contributed by atoms with Gasteiger partial charge in [-0.2, -0.15) is 4.31 Å². The number of nitrogens with zero attached hydrogens (tertiary/aromatic N) is 2. The number of carbonyl (C=O) groups is 1. The first kappa shape index (κ1) is 22.8. The van der Waals surface area contributed by atoms with Gasteiger partial charge in [-0.05, 0) is 57.2 Å². The van der Waals surface area contributed by atoms with Crippen LogP contribution in [0, 0.1) is 24.5 Å². The highest BCUT2D eigenvalue weighted by Crippen LogP contribution is 2.26. The van der Waals surface area contributed by atoms with Crippen LogP contribution >= 0.6 is 11.3 Å². The van der Waals surface area contributed by atoms with Crippen LogP contribution in [0.3, 0.4) is 0 Å². The molecule has 10 heteroatoms. The number of rotatable bonds is 8. The average molecular weight is 458 g/mol. The first-order chi connectivity index (χ1) is 14.3. The SMILES string of the molecule is Cc1csc(CCCCNC(=O)C2CCN(S(=O)(=O)c3cc(F)ccc3F)CC2)n1. The van der Waals surface area contributed by atoms with Gasteiger partial charge in [-0.15, -0.1) is 11.3 Å². The molecule has 0 saturated carbocycles. The molecular weight excluding hydrogens is 432 g/mol. The summed E-state index contributed by atoms with van der Waals surface area (Å²) in [6.45, 7) is 2.72. The lowest BCUT2D eigenvalue weighted by Crippen LogP contribution is -2.43. The molecule has 0 atom stereocenters. The second-order valence-corrected chi connectivity index (χ2v) is 10.2. The summed E-state index contributed by atoms with van der Waals surface area (Å²) >= 11 is 1.64. The van der Waals surface area contributed by atoms with Gasteiger partial charge in [-0.3, -0.25) is 4.79 Å². The first-order valence-electron chi connectivity index (χ1n) is 9.91. The molecule has 30 heavy (non-hydrogen) atoms. The Hall–Kier alpha value is -1.91. The van der Waals surface area contributed by atoms with E-state index in [1.807, 2.05) is 12.3 Å². The van der Waals surface area contributed by atoms with E-state index < -0.39 is 26.6 Å². The molecule has 2 aromatic rings. The third kappa shape index (κ3) is 5.61. The van der Waals surface area contributed by atoms with Gasteiger partial charge in [0.25, 0.3) is 0 Å². The number of halogens is 2. The van der Waals surface area contributed by atoms with Gasteiger partial charge in [0.1, 0.15) is 16.5 Å². The highest BCUT2D eigenvalue weighted by molar-refractivity contribution is 7.89. The number of sulfonamides is 1. The summed E-state index contributed by atoms with van der Waals surface area (Å²) in [4.78, 5) is 16.1. The monoisotopic (exact) mass is 457 g/mol. The van der Waals surface area contributed by atoms with Crippen molar-refractivity contribution in [1.82, 2.24) is 14.6 Å². The van der Waals surface area contributed by atoms with E-state index in [1.165, 1.54) is 0 Å². The van der Waals surface area contributed by atoms with Crippen molar-refractivity contribution in [2.45, 2.75) is 43.9 Å². The van der Waals surface area contributed by atoms with Crippen LogP contribution in [0.5, 0.6) is 0 Å². The van der Waals surface area contributed by atoms with Crippen molar-refractivity contribution in [3.05, 3.63) is 45.9 Å². The number of piperidine rings is 1. The Balaban J connectivity index is 1.43. The Bertz CT molecular complexity index is 987. The van der Waals surface area contributed by atoms with Gasteiger partial charge in [0, 0.05) is 36.6 Å². The van der Waals surface area contributed by atoms with Crippen LogP contribution in [0.2, 0.25) is 0 Å². The molecule has 0 aliphatic carbocycles. The summed E-state index contributed by atoms with van der Waals surface area (Å²) in [5.41, 5.74) is 1.02. The number of aryl methyl sites for hydroxylation is 2. The fourth-order valence-electron chi connectivity index (χ4n) is 3.45. The van der Waals surface area contributed by atoms with Crippen LogP contribution in [0.1, 0.15) is 36.4 Å². The quantitative estimate of drug-likeness (QED) is 0.617. The van der Waals surface area contributed by atoms with Crippen LogP contribution in [0.4, 0.5) is 8.78 Å². The maximum absolute atomic E-state index is 13.9. The van der Waals surface area contributed by atoms with Crippen LogP contribution in [-0.2, 0) is 21.2 Å². The number of nitrogens with one attached hydrogen (secondary N) is 1. The van der Waals surface area contributed by atoms with Crippen molar-refractivity contribution in [3.8, 4) is 0 Å². The number of benzene rings is 1.